The minimum absolute atomic E-state index is 0.511. The Balaban J connectivity index is 2.35. The zero-order valence-electron chi connectivity index (χ0n) is 15.9. The van der Waals surface area contributed by atoms with Gasteiger partial charge in [0.05, 0.1) is 18.0 Å². The molecule has 0 spiro atoms. The zero-order chi connectivity index (χ0) is 17.6. The number of hydrogen-bond acceptors (Lipinski definition) is 1. The third-order valence-electron chi connectivity index (χ3n) is 5.18. The lowest BCUT2D eigenvalue weighted by Gasteiger charge is -2.11. The van der Waals surface area contributed by atoms with Crippen LogP contribution >= 0.6 is 0 Å². The van der Waals surface area contributed by atoms with Crippen LogP contribution in [0.1, 0.15) is 47.7 Å². The van der Waals surface area contributed by atoms with Crippen molar-refractivity contribution in [2.24, 2.45) is 7.05 Å². The Morgan fingerprint density at radius 2 is 1.67 bits per heavy atom. The third-order valence-corrected chi connectivity index (χ3v) is 5.18. The van der Waals surface area contributed by atoms with Crippen LogP contribution in [0.25, 0.3) is 22.3 Å². The third kappa shape index (κ3) is 2.71. The van der Waals surface area contributed by atoms with Gasteiger partial charge in [-0.25, -0.2) is 4.57 Å². The number of aryl methyl sites for hydroxylation is 3. The molecule has 0 fully saturated rings. The SMILES string of the molecule is Cc1cc(C)c(C)c(-c2nc3cc(C(C)C)ccc3c(C)[n+]2C)c1. The number of benzene rings is 2. The summed E-state index contributed by atoms with van der Waals surface area (Å²) in [6.45, 7) is 13.2. The predicted octanol–water partition coefficient (Wildman–Crippen LogP) is 5.08. The van der Waals surface area contributed by atoms with Crippen LogP contribution in [-0.2, 0) is 7.05 Å². The summed E-state index contributed by atoms with van der Waals surface area (Å²) in [5, 5.41) is 1.23. The molecule has 0 unspecified atom stereocenters. The summed E-state index contributed by atoms with van der Waals surface area (Å²) in [4.78, 5) is 5.05. The molecule has 1 heterocycles. The Morgan fingerprint density at radius 1 is 0.958 bits per heavy atom. The quantitative estimate of drug-likeness (QED) is 0.602. The molecule has 3 aromatic rings. The topological polar surface area (TPSA) is 16.8 Å². The molecule has 1 aromatic heterocycles. The maximum atomic E-state index is 5.05. The minimum Gasteiger partial charge on any atom is -0.230 e. The van der Waals surface area contributed by atoms with Crippen molar-refractivity contribution in [3.63, 3.8) is 0 Å². The first-order valence-corrected chi connectivity index (χ1v) is 8.68. The molecule has 0 saturated heterocycles. The molecule has 0 bridgehead atoms. The van der Waals surface area contributed by atoms with Crippen LogP contribution in [0.4, 0.5) is 0 Å². The molecule has 2 heteroatoms. The maximum Gasteiger partial charge on any atom is 0.331 e. The van der Waals surface area contributed by atoms with Crippen LogP contribution < -0.4 is 4.57 Å². The van der Waals surface area contributed by atoms with Crippen LogP contribution in [0, 0.1) is 27.7 Å². The summed E-state index contributed by atoms with van der Waals surface area (Å²) >= 11 is 0. The maximum absolute atomic E-state index is 5.05. The highest BCUT2D eigenvalue weighted by molar-refractivity contribution is 5.82. The van der Waals surface area contributed by atoms with Gasteiger partial charge in [-0.05, 0) is 79.0 Å². The van der Waals surface area contributed by atoms with E-state index in [2.05, 4.69) is 83.5 Å². The molecular formula is C22H27N2+. The average Bonchev–Trinajstić information content (AvgIpc) is 2.53. The van der Waals surface area contributed by atoms with E-state index < -0.39 is 0 Å². The zero-order valence-corrected chi connectivity index (χ0v) is 15.9. The van der Waals surface area contributed by atoms with Crippen LogP contribution in [0.15, 0.2) is 30.3 Å². The van der Waals surface area contributed by atoms with Crippen molar-refractivity contribution in [2.45, 2.75) is 47.5 Å². The van der Waals surface area contributed by atoms with Crippen molar-refractivity contribution in [3.05, 3.63) is 58.3 Å². The van der Waals surface area contributed by atoms with Crippen molar-refractivity contribution in [1.82, 2.24) is 4.98 Å². The Kier molecular flexibility index (Phi) is 4.16. The van der Waals surface area contributed by atoms with Gasteiger partial charge in [0.15, 0.2) is 5.52 Å². The molecule has 0 N–H and O–H groups in total. The van der Waals surface area contributed by atoms with Crippen molar-refractivity contribution in [3.8, 4) is 11.4 Å². The molecule has 0 amide bonds. The van der Waals surface area contributed by atoms with Crippen LogP contribution in [0.3, 0.4) is 0 Å². The number of rotatable bonds is 2. The van der Waals surface area contributed by atoms with Gasteiger partial charge in [0, 0.05) is 0 Å². The molecule has 2 aromatic carbocycles. The molecule has 0 saturated carbocycles. The summed E-state index contributed by atoms with van der Waals surface area (Å²) in [5.74, 6) is 1.56. The normalized spacial score (nSPS) is 11.5. The number of nitrogens with zero attached hydrogens (tertiary/aromatic N) is 2. The molecular weight excluding hydrogens is 292 g/mol. The Labute approximate surface area is 145 Å². The Morgan fingerprint density at radius 3 is 2.33 bits per heavy atom. The molecule has 24 heavy (non-hydrogen) atoms. The molecule has 0 aliphatic rings. The minimum atomic E-state index is 0.511. The van der Waals surface area contributed by atoms with Crippen molar-refractivity contribution >= 4 is 10.9 Å². The van der Waals surface area contributed by atoms with Gasteiger partial charge in [-0.3, -0.25) is 0 Å². The van der Waals surface area contributed by atoms with E-state index in [0.29, 0.717) is 5.92 Å². The molecule has 0 aliphatic carbocycles. The van der Waals surface area contributed by atoms with Crippen molar-refractivity contribution in [2.75, 3.05) is 0 Å². The smallest absolute Gasteiger partial charge is 0.230 e. The van der Waals surface area contributed by atoms with Gasteiger partial charge < -0.3 is 0 Å². The molecule has 0 radical (unpaired) electrons. The van der Waals surface area contributed by atoms with Crippen molar-refractivity contribution < 1.29 is 4.57 Å². The fourth-order valence-electron chi connectivity index (χ4n) is 3.35. The van der Waals surface area contributed by atoms with Crippen LogP contribution in [0.2, 0.25) is 0 Å². The highest BCUT2D eigenvalue weighted by Gasteiger charge is 2.22. The van der Waals surface area contributed by atoms with E-state index in [0.717, 1.165) is 11.3 Å². The molecule has 0 atom stereocenters. The first kappa shape index (κ1) is 16.6. The van der Waals surface area contributed by atoms with Crippen LogP contribution in [-0.4, -0.2) is 4.98 Å². The van der Waals surface area contributed by atoms with Gasteiger partial charge >= 0.3 is 5.82 Å². The summed E-state index contributed by atoms with van der Waals surface area (Å²) in [6.07, 6.45) is 0. The van der Waals surface area contributed by atoms with Gasteiger partial charge in [-0.15, -0.1) is 0 Å². The summed E-state index contributed by atoms with van der Waals surface area (Å²) in [5.41, 5.74) is 8.82. The average molecular weight is 319 g/mol. The van der Waals surface area contributed by atoms with Gasteiger partial charge in [0.1, 0.15) is 5.69 Å². The van der Waals surface area contributed by atoms with E-state index in [4.69, 9.17) is 4.98 Å². The van der Waals surface area contributed by atoms with E-state index in [1.54, 1.807) is 0 Å². The highest BCUT2D eigenvalue weighted by atomic mass is 15.0. The second-order valence-corrected chi connectivity index (χ2v) is 7.27. The summed E-state index contributed by atoms with van der Waals surface area (Å²) in [6, 6.07) is 11.2. The second kappa shape index (κ2) is 6.01. The van der Waals surface area contributed by atoms with Gasteiger partial charge in [-0.2, -0.15) is 0 Å². The monoisotopic (exact) mass is 319 g/mol. The highest BCUT2D eigenvalue weighted by Crippen LogP contribution is 2.27. The van der Waals surface area contributed by atoms with Gasteiger partial charge in [0.2, 0.25) is 0 Å². The van der Waals surface area contributed by atoms with E-state index >= 15 is 0 Å². The van der Waals surface area contributed by atoms with E-state index in [1.807, 2.05) is 0 Å². The molecule has 3 rings (SSSR count). The Hall–Kier alpha value is -2.22. The van der Waals surface area contributed by atoms with Gasteiger partial charge in [-0.1, -0.05) is 26.0 Å². The molecule has 124 valence electrons. The van der Waals surface area contributed by atoms with E-state index in [-0.39, 0.29) is 0 Å². The fraction of sp³-hybridized carbons (Fsp3) is 0.364. The molecule has 0 aliphatic heterocycles. The lowest BCUT2D eigenvalue weighted by atomic mass is 9.98. The largest absolute Gasteiger partial charge is 0.331 e. The van der Waals surface area contributed by atoms with Gasteiger partial charge in [0.25, 0.3) is 0 Å². The number of aromatic nitrogens is 2. The summed E-state index contributed by atoms with van der Waals surface area (Å²) in [7, 11) is 2.12. The van der Waals surface area contributed by atoms with E-state index in [9.17, 15) is 0 Å². The standard InChI is InChI=1S/C22H27N2/c1-13(2)18-8-9-19-17(6)24(7)22(23-21(19)12-18)20-11-14(3)10-15(4)16(20)5/h8-13H,1-7H3/q+1. The number of hydrogen-bond donors (Lipinski definition) is 0. The summed E-state index contributed by atoms with van der Waals surface area (Å²) < 4.78 is 2.22. The molecule has 2 nitrogen and oxygen atoms in total. The lowest BCUT2D eigenvalue weighted by molar-refractivity contribution is -0.667. The lowest BCUT2D eigenvalue weighted by Crippen LogP contribution is -2.36. The van der Waals surface area contributed by atoms with Crippen LogP contribution in [0.5, 0.6) is 0 Å². The first-order chi connectivity index (χ1) is 11.3. The van der Waals surface area contributed by atoms with E-state index in [1.165, 1.54) is 38.9 Å². The first-order valence-electron chi connectivity index (χ1n) is 8.68. The van der Waals surface area contributed by atoms with Crippen molar-refractivity contribution in [1.29, 1.82) is 0 Å². The fourth-order valence-corrected chi connectivity index (χ4v) is 3.35. The second-order valence-electron chi connectivity index (χ2n) is 7.27. The number of fused-ring (bicyclic) bond motifs is 1. The predicted molar refractivity (Wildman–Crippen MR) is 101 cm³/mol. The Bertz CT molecular complexity index is 937.